The summed E-state index contributed by atoms with van der Waals surface area (Å²) in [6, 6.07) is 14.7. The second-order valence-electron chi connectivity index (χ2n) is 5.12. The largest absolute Gasteiger partial charge is 0.504 e. The summed E-state index contributed by atoms with van der Waals surface area (Å²) >= 11 is 0. The number of hydrazone groups is 1. The number of ether oxygens (including phenoxy) is 1. The molecule has 0 aliphatic carbocycles. The van der Waals surface area contributed by atoms with E-state index in [4.69, 9.17) is 4.74 Å². The molecule has 0 heterocycles. The van der Waals surface area contributed by atoms with Gasteiger partial charge < -0.3 is 15.2 Å². The van der Waals surface area contributed by atoms with Crippen LogP contribution in [0, 0.1) is 0 Å². The molecule has 2 rings (SSSR count). The van der Waals surface area contributed by atoms with Crippen LogP contribution < -0.4 is 15.5 Å². The fourth-order valence-corrected chi connectivity index (χ4v) is 2.05. The number of hydrogen-bond donors (Lipinski definition) is 3. The van der Waals surface area contributed by atoms with E-state index in [1.165, 1.54) is 19.4 Å². The summed E-state index contributed by atoms with van der Waals surface area (Å²) in [6.07, 6.45) is 2.60. The molecule has 1 amide bonds. The predicted molar refractivity (Wildman–Crippen MR) is 94.6 cm³/mol. The van der Waals surface area contributed by atoms with Gasteiger partial charge in [-0.2, -0.15) is 5.10 Å². The van der Waals surface area contributed by atoms with Crippen molar-refractivity contribution in [2.24, 2.45) is 5.10 Å². The third kappa shape index (κ3) is 5.64. The van der Waals surface area contributed by atoms with Crippen LogP contribution in [0.2, 0.25) is 0 Å². The van der Waals surface area contributed by atoms with Gasteiger partial charge in [-0.05, 0) is 42.3 Å². The van der Waals surface area contributed by atoms with Crippen LogP contribution in [0.15, 0.2) is 53.6 Å². The van der Waals surface area contributed by atoms with Gasteiger partial charge in [0, 0.05) is 18.7 Å². The minimum Gasteiger partial charge on any atom is -0.504 e. The first-order valence-electron chi connectivity index (χ1n) is 7.67. The average molecular weight is 327 g/mol. The number of methoxy groups -OCH3 is 1. The lowest BCUT2D eigenvalue weighted by molar-refractivity contribution is -0.121. The third-order valence-electron chi connectivity index (χ3n) is 3.29. The molecule has 0 aliphatic heterocycles. The smallest absolute Gasteiger partial charge is 0.240 e. The Kier molecular flexibility index (Phi) is 6.64. The number of hydrogen-bond acceptors (Lipinski definition) is 5. The van der Waals surface area contributed by atoms with Crippen molar-refractivity contribution in [3.05, 3.63) is 54.1 Å². The molecule has 0 unspecified atom stereocenters. The van der Waals surface area contributed by atoms with E-state index in [9.17, 15) is 9.90 Å². The second-order valence-corrected chi connectivity index (χ2v) is 5.12. The Morgan fingerprint density at radius 3 is 2.79 bits per heavy atom. The van der Waals surface area contributed by atoms with Crippen LogP contribution >= 0.6 is 0 Å². The van der Waals surface area contributed by atoms with Crippen molar-refractivity contribution in [2.75, 3.05) is 19.0 Å². The van der Waals surface area contributed by atoms with Crippen molar-refractivity contribution in [3.8, 4) is 11.5 Å². The molecule has 0 fully saturated rings. The third-order valence-corrected chi connectivity index (χ3v) is 3.29. The van der Waals surface area contributed by atoms with Gasteiger partial charge in [0.1, 0.15) is 0 Å². The van der Waals surface area contributed by atoms with Crippen LogP contribution in [0.25, 0.3) is 0 Å². The fourth-order valence-electron chi connectivity index (χ4n) is 2.05. The lowest BCUT2D eigenvalue weighted by Gasteiger charge is -2.05. The average Bonchev–Trinajstić information content (AvgIpc) is 2.61. The van der Waals surface area contributed by atoms with E-state index in [2.05, 4.69) is 15.8 Å². The lowest BCUT2D eigenvalue weighted by atomic mass is 10.2. The summed E-state index contributed by atoms with van der Waals surface area (Å²) in [5.74, 6) is 0.272. The van der Waals surface area contributed by atoms with E-state index in [-0.39, 0.29) is 11.7 Å². The van der Waals surface area contributed by atoms with Crippen LogP contribution in [0.5, 0.6) is 11.5 Å². The number of nitrogens with one attached hydrogen (secondary N) is 2. The zero-order valence-corrected chi connectivity index (χ0v) is 13.5. The highest BCUT2D eigenvalue weighted by Crippen LogP contribution is 2.25. The minimum atomic E-state index is -0.146. The molecule has 3 N–H and O–H groups in total. The van der Waals surface area contributed by atoms with E-state index >= 15 is 0 Å². The Hall–Kier alpha value is -3.02. The molecule has 0 saturated heterocycles. The van der Waals surface area contributed by atoms with Crippen molar-refractivity contribution in [1.29, 1.82) is 0 Å². The fraction of sp³-hybridized carbons (Fsp3) is 0.222. The molecule has 0 bridgehead atoms. The van der Waals surface area contributed by atoms with E-state index in [1.807, 2.05) is 30.3 Å². The van der Waals surface area contributed by atoms with Gasteiger partial charge >= 0.3 is 0 Å². The first-order chi connectivity index (χ1) is 11.7. The molecule has 2 aromatic carbocycles. The SMILES string of the molecule is COc1cc(C=NNC(=O)CCCNc2ccccc2)ccc1O. The maximum absolute atomic E-state index is 11.7. The first-order valence-corrected chi connectivity index (χ1v) is 7.67. The number of phenolic OH excluding ortho intramolecular Hbond substituents is 1. The van der Waals surface area contributed by atoms with E-state index in [0.717, 1.165) is 17.8 Å². The van der Waals surface area contributed by atoms with Gasteiger partial charge in [-0.15, -0.1) is 0 Å². The topological polar surface area (TPSA) is 83.0 Å². The van der Waals surface area contributed by atoms with Gasteiger partial charge in [-0.3, -0.25) is 4.79 Å². The summed E-state index contributed by atoms with van der Waals surface area (Å²) < 4.78 is 5.01. The summed E-state index contributed by atoms with van der Waals surface area (Å²) in [4.78, 5) is 11.7. The highest BCUT2D eigenvalue weighted by Gasteiger charge is 2.02. The lowest BCUT2D eigenvalue weighted by Crippen LogP contribution is -2.18. The van der Waals surface area contributed by atoms with Crippen LogP contribution in [-0.2, 0) is 4.79 Å². The van der Waals surface area contributed by atoms with Crippen LogP contribution in [-0.4, -0.2) is 30.9 Å². The van der Waals surface area contributed by atoms with Gasteiger partial charge in [0.25, 0.3) is 0 Å². The van der Waals surface area contributed by atoms with Gasteiger partial charge in [0.15, 0.2) is 11.5 Å². The summed E-state index contributed by atoms with van der Waals surface area (Å²) in [5, 5.41) is 16.7. The number of benzene rings is 2. The van der Waals surface area contributed by atoms with Gasteiger partial charge in [0.05, 0.1) is 13.3 Å². The highest BCUT2D eigenvalue weighted by atomic mass is 16.5. The standard InChI is InChI=1S/C18H21N3O3/c1-24-17-12-14(9-10-16(17)22)13-20-21-18(23)8-5-11-19-15-6-3-2-4-7-15/h2-4,6-7,9-10,12-13,19,22H,5,8,11H2,1H3,(H,21,23). The predicted octanol–water partition coefficient (Wildman–Crippen LogP) is 2.74. The van der Waals surface area contributed by atoms with Crippen molar-refractivity contribution < 1.29 is 14.6 Å². The van der Waals surface area contributed by atoms with Gasteiger partial charge in [-0.1, -0.05) is 18.2 Å². The molecular formula is C18H21N3O3. The number of phenols is 1. The normalized spacial score (nSPS) is 10.5. The number of carbonyl (C=O) groups excluding carboxylic acids is 1. The molecule has 2 aromatic rings. The maximum atomic E-state index is 11.7. The highest BCUT2D eigenvalue weighted by molar-refractivity contribution is 5.83. The number of para-hydroxylation sites is 1. The number of rotatable bonds is 8. The van der Waals surface area contributed by atoms with Crippen molar-refractivity contribution in [3.63, 3.8) is 0 Å². The quantitative estimate of drug-likeness (QED) is 0.395. The van der Waals surface area contributed by atoms with E-state index in [1.54, 1.807) is 12.1 Å². The van der Waals surface area contributed by atoms with Gasteiger partial charge in [-0.25, -0.2) is 5.43 Å². The zero-order chi connectivity index (χ0) is 17.2. The number of carbonyl (C=O) groups is 1. The molecule has 0 aliphatic rings. The van der Waals surface area contributed by atoms with Crippen molar-refractivity contribution in [2.45, 2.75) is 12.8 Å². The number of nitrogens with zero attached hydrogens (tertiary/aromatic N) is 1. The molecule has 0 radical (unpaired) electrons. The van der Waals surface area contributed by atoms with Crippen LogP contribution in [0.4, 0.5) is 5.69 Å². The van der Waals surface area contributed by atoms with Crippen LogP contribution in [0.1, 0.15) is 18.4 Å². The molecule has 6 nitrogen and oxygen atoms in total. The Labute approximate surface area is 141 Å². The number of anilines is 1. The summed E-state index contributed by atoms with van der Waals surface area (Å²) in [6.45, 7) is 0.719. The monoisotopic (exact) mass is 327 g/mol. The zero-order valence-electron chi connectivity index (χ0n) is 13.5. The van der Waals surface area contributed by atoms with E-state index in [0.29, 0.717) is 18.6 Å². The second kappa shape index (κ2) is 9.19. The molecule has 6 heteroatoms. The molecule has 126 valence electrons. The van der Waals surface area contributed by atoms with Crippen molar-refractivity contribution in [1.82, 2.24) is 5.43 Å². The summed E-state index contributed by atoms with van der Waals surface area (Å²) in [5.41, 5.74) is 4.24. The molecular weight excluding hydrogens is 306 g/mol. The Balaban J connectivity index is 1.69. The Bertz CT molecular complexity index is 687. The molecule has 0 aromatic heterocycles. The molecule has 24 heavy (non-hydrogen) atoms. The Morgan fingerprint density at radius 1 is 1.25 bits per heavy atom. The van der Waals surface area contributed by atoms with Crippen LogP contribution in [0.3, 0.4) is 0 Å². The van der Waals surface area contributed by atoms with Gasteiger partial charge in [0.2, 0.25) is 5.91 Å². The number of amides is 1. The Morgan fingerprint density at radius 2 is 2.04 bits per heavy atom. The minimum absolute atomic E-state index is 0.0598. The molecule has 0 saturated carbocycles. The van der Waals surface area contributed by atoms with E-state index < -0.39 is 0 Å². The molecule has 0 spiro atoms. The maximum Gasteiger partial charge on any atom is 0.240 e. The van der Waals surface area contributed by atoms with Crippen molar-refractivity contribution >= 4 is 17.8 Å². The summed E-state index contributed by atoms with van der Waals surface area (Å²) in [7, 11) is 1.47. The number of aromatic hydroxyl groups is 1. The molecule has 0 atom stereocenters. The first kappa shape index (κ1) is 17.3.